The molecule has 2 aromatic rings. The lowest BCUT2D eigenvalue weighted by atomic mass is 10.2. The molecule has 1 aromatic carbocycles. The third kappa shape index (κ3) is 3.93. The Labute approximate surface area is 157 Å². The molecule has 1 N–H and O–H groups in total. The fourth-order valence-corrected chi connectivity index (χ4v) is 4.05. The summed E-state index contributed by atoms with van der Waals surface area (Å²) in [6.07, 6.45) is 1.50. The van der Waals surface area contributed by atoms with Crippen LogP contribution in [0.15, 0.2) is 41.4 Å². The standard InChI is InChI=1S/C17H20ClN3O4S/c1-25-9-8-20-6-7-21-12-14(10-16(21)17(20)22)26(23,24)19-11-13-4-2-3-5-15(13)18/h2-5,10,12,19H,6-9,11H2,1H3. The van der Waals surface area contributed by atoms with E-state index >= 15 is 0 Å². The van der Waals surface area contributed by atoms with E-state index < -0.39 is 10.0 Å². The monoisotopic (exact) mass is 397 g/mol. The van der Waals surface area contributed by atoms with Gasteiger partial charge in [0, 0.05) is 44.5 Å². The number of carbonyl (C=O) groups is 1. The van der Waals surface area contributed by atoms with E-state index in [-0.39, 0.29) is 17.3 Å². The average Bonchev–Trinajstić information content (AvgIpc) is 3.07. The fraction of sp³-hybridized carbons (Fsp3) is 0.353. The molecule has 0 fully saturated rings. The first-order valence-electron chi connectivity index (χ1n) is 8.14. The number of methoxy groups -OCH3 is 1. The number of aromatic nitrogens is 1. The molecule has 7 nitrogen and oxygen atoms in total. The quantitative estimate of drug-likeness (QED) is 0.771. The molecule has 3 rings (SSSR count). The van der Waals surface area contributed by atoms with Crippen LogP contribution in [0.3, 0.4) is 0 Å². The largest absolute Gasteiger partial charge is 0.383 e. The number of hydrogen-bond acceptors (Lipinski definition) is 4. The van der Waals surface area contributed by atoms with Crippen LogP contribution in [0.2, 0.25) is 5.02 Å². The van der Waals surface area contributed by atoms with Crippen molar-refractivity contribution < 1.29 is 17.9 Å². The van der Waals surface area contributed by atoms with Gasteiger partial charge >= 0.3 is 0 Å². The lowest BCUT2D eigenvalue weighted by Crippen LogP contribution is -2.41. The molecule has 2 heterocycles. The number of amides is 1. The maximum Gasteiger partial charge on any atom is 0.270 e. The van der Waals surface area contributed by atoms with Crippen molar-refractivity contribution in [3.8, 4) is 0 Å². The van der Waals surface area contributed by atoms with Gasteiger partial charge in [-0.1, -0.05) is 29.8 Å². The molecule has 1 aromatic heterocycles. The third-order valence-electron chi connectivity index (χ3n) is 4.27. The van der Waals surface area contributed by atoms with Gasteiger partial charge < -0.3 is 14.2 Å². The molecular formula is C17H20ClN3O4S. The van der Waals surface area contributed by atoms with Gasteiger partial charge in [0.1, 0.15) is 10.6 Å². The highest BCUT2D eigenvalue weighted by Gasteiger charge is 2.28. The predicted molar refractivity (Wildman–Crippen MR) is 97.7 cm³/mol. The van der Waals surface area contributed by atoms with E-state index in [0.717, 1.165) is 0 Å². The highest BCUT2D eigenvalue weighted by molar-refractivity contribution is 7.89. The maximum absolute atomic E-state index is 12.6. The molecule has 0 atom stereocenters. The van der Waals surface area contributed by atoms with E-state index in [1.165, 1.54) is 12.3 Å². The van der Waals surface area contributed by atoms with Crippen LogP contribution in [-0.2, 0) is 27.8 Å². The van der Waals surface area contributed by atoms with E-state index in [1.54, 1.807) is 40.8 Å². The Balaban J connectivity index is 1.76. The summed E-state index contributed by atoms with van der Waals surface area (Å²) >= 11 is 6.06. The van der Waals surface area contributed by atoms with Gasteiger partial charge in [-0.15, -0.1) is 0 Å². The van der Waals surface area contributed by atoms with Gasteiger partial charge in [0.15, 0.2) is 0 Å². The van der Waals surface area contributed by atoms with Crippen molar-refractivity contribution in [1.82, 2.24) is 14.2 Å². The lowest BCUT2D eigenvalue weighted by molar-refractivity contribution is 0.0641. The van der Waals surface area contributed by atoms with E-state index in [9.17, 15) is 13.2 Å². The minimum atomic E-state index is -3.75. The molecule has 140 valence electrons. The Kier molecular flexibility index (Phi) is 5.67. The number of benzene rings is 1. The number of carbonyl (C=O) groups excluding carboxylic acids is 1. The Bertz CT molecular complexity index is 910. The summed E-state index contributed by atoms with van der Waals surface area (Å²) in [5.41, 5.74) is 1.05. The molecular weight excluding hydrogens is 378 g/mol. The first-order valence-corrected chi connectivity index (χ1v) is 10.00. The Hall–Kier alpha value is -1.87. The van der Waals surface area contributed by atoms with Crippen LogP contribution in [0.5, 0.6) is 0 Å². The van der Waals surface area contributed by atoms with E-state index in [0.29, 0.717) is 42.5 Å². The number of nitrogens with zero attached hydrogens (tertiary/aromatic N) is 2. The Morgan fingerprint density at radius 3 is 2.77 bits per heavy atom. The van der Waals surface area contributed by atoms with E-state index in [1.807, 2.05) is 0 Å². The highest BCUT2D eigenvalue weighted by Crippen LogP contribution is 2.21. The molecule has 26 heavy (non-hydrogen) atoms. The van der Waals surface area contributed by atoms with Crippen LogP contribution in [0.1, 0.15) is 16.1 Å². The molecule has 1 amide bonds. The molecule has 0 bridgehead atoms. The highest BCUT2D eigenvalue weighted by atomic mass is 35.5. The summed E-state index contributed by atoms with van der Waals surface area (Å²) < 4.78 is 34.4. The minimum absolute atomic E-state index is 0.0708. The molecule has 0 unspecified atom stereocenters. The zero-order valence-electron chi connectivity index (χ0n) is 14.3. The second kappa shape index (κ2) is 7.79. The number of nitrogens with one attached hydrogen (secondary N) is 1. The van der Waals surface area contributed by atoms with Crippen molar-refractivity contribution in [2.24, 2.45) is 0 Å². The van der Waals surface area contributed by atoms with Gasteiger partial charge in [0.2, 0.25) is 10.0 Å². The zero-order chi connectivity index (χ0) is 18.7. The molecule has 0 saturated carbocycles. The maximum atomic E-state index is 12.6. The van der Waals surface area contributed by atoms with Gasteiger partial charge in [0.05, 0.1) is 6.61 Å². The molecule has 1 aliphatic heterocycles. The topological polar surface area (TPSA) is 80.6 Å². The van der Waals surface area contributed by atoms with Crippen molar-refractivity contribution in [3.05, 3.63) is 52.8 Å². The summed E-state index contributed by atoms with van der Waals surface area (Å²) in [7, 11) is -2.18. The van der Waals surface area contributed by atoms with Gasteiger partial charge in [-0.3, -0.25) is 4.79 Å². The summed E-state index contributed by atoms with van der Waals surface area (Å²) in [6.45, 7) is 2.07. The van der Waals surface area contributed by atoms with Gasteiger partial charge in [-0.25, -0.2) is 13.1 Å². The van der Waals surface area contributed by atoms with Crippen molar-refractivity contribution in [3.63, 3.8) is 0 Å². The summed E-state index contributed by atoms with van der Waals surface area (Å²) in [5.74, 6) is -0.194. The molecule has 1 aliphatic rings. The molecule has 0 saturated heterocycles. The molecule has 0 radical (unpaired) electrons. The minimum Gasteiger partial charge on any atom is -0.383 e. The normalized spacial score (nSPS) is 14.5. The van der Waals surface area contributed by atoms with Crippen LogP contribution in [0.4, 0.5) is 0 Å². The van der Waals surface area contributed by atoms with Crippen LogP contribution < -0.4 is 4.72 Å². The molecule has 0 aliphatic carbocycles. The predicted octanol–water partition coefficient (Wildman–Crippen LogP) is 1.72. The van der Waals surface area contributed by atoms with Crippen molar-refractivity contribution in [2.45, 2.75) is 18.0 Å². The number of hydrogen-bond donors (Lipinski definition) is 1. The number of ether oxygens (including phenoxy) is 1. The smallest absolute Gasteiger partial charge is 0.270 e. The second-order valence-electron chi connectivity index (χ2n) is 5.96. The van der Waals surface area contributed by atoms with Crippen molar-refractivity contribution in [1.29, 1.82) is 0 Å². The number of fused-ring (bicyclic) bond motifs is 1. The third-order valence-corrected chi connectivity index (χ3v) is 6.01. The van der Waals surface area contributed by atoms with Crippen molar-refractivity contribution >= 4 is 27.5 Å². The first-order chi connectivity index (χ1) is 12.4. The summed E-state index contributed by atoms with van der Waals surface area (Å²) in [5, 5.41) is 0.496. The number of sulfonamides is 1. The van der Waals surface area contributed by atoms with Gasteiger partial charge in [0.25, 0.3) is 5.91 Å². The van der Waals surface area contributed by atoms with Crippen LogP contribution >= 0.6 is 11.6 Å². The molecule has 0 spiro atoms. The first kappa shape index (κ1) is 18.9. The van der Waals surface area contributed by atoms with Crippen molar-refractivity contribution in [2.75, 3.05) is 26.8 Å². The van der Waals surface area contributed by atoms with Crippen LogP contribution in [0, 0.1) is 0 Å². The van der Waals surface area contributed by atoms with Gasteiger partial charge in [-0.2, -0.15) is 0 Å². The number of rotatable bonds is 7. The van der Waals surface area contributed by atoms with E-state index in [2.05, 4.69) is 4.72 Å². The Morgan fingerprint density at radius 2 is 2.04 bits per heavy atom. The SMILES string of the molecule is COCCN1CCn2cc(S(=O)(=O)NCc3ccccc3Cl)cc2C1=O. The zero-order valence-corrected chi connectivity index (χ0v) is 15.9. The average molecular weight is 398 g/mol. The lowest BCUT2D eigenvalue weighted by Gasteiger charge is -2.27. The van der Waals surface area contributed by atoms with Crippen LogP contribution in [-0.4, -0.2) is 50.6 Å². The summed E-state index contributed by atoms with van der Waals surface area (Å²) in [4.78, 5) is 14.2. The van der Waals surface area contributed by atoms with Gasteiger partial charge in [-0.05, 0) is 17.7 Å². The summed E-state index contributed by atoms with van der Waals surface area (Å²) in [6, 6.07) is 8.45. The molecule has 9 heteroatoms. The van der Waals surface area contributed by atoms with Crippen LogP contribution in [0.25, 0.3) is 0 Å². The fourth-order valence-electron chi connectivity index (χ4n) is 2.80. The second-order valence-corrected chi connectivity index (χ2v) is 8.13. The Morgan fingerprint density at radius 1 is 1.27 bits per heavy atom. The number of halogens is 1. The van der Waals surface area contributed by atoms with E-state index in [4.69, 9.17) is 16.3 Å².